The summed E-state index contributed by atoms with van der Waals surface area (Å²) in [5, 5.41) is 9.35. The van der Waals surface area contributed by atoms with Gasteiger partial charge < -0.3 is 9.47 Å². The fraction of sp³-hybridized carbons (Fsp3) is 0.500. The highest BCUT2D eigenvalue weighted by atomic mass is 32.2. The van der Waals surface area contributed by atoms with Crippen LogP contribution in [0, 0.1) is 18.7 Å². The number of amides is 1. The molecule has 0 spiro atoms. The number of aromatic nitrogens is 3. The number of thioether (sulfide) groups is 1. The summed E-state index contributed by atoms with van der Waals surface area (Å²) in [4.78, 5) is 14.3. The van der Waals surface area contributed by atoms with E-state index in [2.05, 4.69) is 10.2 Å². The lowest BCUT2D eigenvalue weighted by atomic mass is 9.93. The molecule has 1 aliphatic heterocycles. The first kappa shape index (κ1) is 17.9. The molecule has 1 amide bonds. The van der Waals surface area contributed by atoms with Crippen LogP contribution in [0.1, 0.15) is 34.6 Å². The van der Waals surface area contributed by atoms with Gasteiger partial charge >= 0.3 is 0 Å². The van der Waals surface area contributed by atoms with E-state index in [1.807, 2.05) is 24.8 Å². The maximum Gasteiger partial charge on any atom is 0.256 e. The van der Waals surface area contributed by atoms with E-state index in [1.54, 1.807) is 28.8 Å². The SMILES string of the molecule is CSc1nnc(CC2CCN(C(=O)c3ccc(C)cc3F)CC2)n1C. The minimum atomic E-state index is -0.434. The first-order chi connectivity index (χ1) is 12.0. The number of nitrogens with zero attached hydrogens (tertiary/aromatic N) is 4. The van der Waals surface area contributed by atoms with Crippen molar-refractivity contribution in [3.8, 4) is 0 Å². The van der Waals surface area contributed by atoms with Crippen molar-refractivity contribution >= 4 is 17.7 Å². The number of hydrogen-bond donors (Lipinski definition) is 0. The maximum absolute atomic E-state index is 14.0. The zero-order valence-corrected chi connectivity index (χ0v) is 15.6. The van der Waals surface area contributed by atoms with Crippen LogP contribution in [0.25, 0.3) is 0 Å². The zero-order valence-electron chi connectivity index (χ0n) is 14.8. The van der Waals surface area contributed by atoms with Crippen molar-refractivity contribution in [3.05, 3.63) is 41.0 Å². The third-order valence-corrected chi connectivity index (χ3v) is 5.56. The molecule has 3 rings (SSSR count). The van der Waals surface area contributed by atoms with Crippen molar-refractivity contribution in [2.24, 2.45) is 13.0 Å². The Labute approximate surface area is 151 Å². The highest BCUT2D eigenvalue weighted by Crippen LogP contribution is 2.24. The fourth-order valence-corrected chi connectivity index (χ4v) is 3.76. The molecule has 1 fully saturated rings. The van der Waals surface area contributed by atoms with E-state index in [1.165, 1.54) is 6.07 Å². The van der Waals surface area contributed by atoms with Crippen LogP contribution in [0.3, 0.4) is 0 Å². The van der Waals surface area contributed by atoms with E-state index >= 15 is 0 Å². The Bertz CT molecular complexity index is 768. The first-order valence-electron chi connectivity index (χ1n) is 8.47. The Hall–Kier alpha value is -1.89. The largest absolute Gasteiger partial charge is 0.339 e. The first-order valence-corrected chi connectivity index (χ1v) is 9.69. The number of halogens is 1. The third kappa shape index (κ3) is 3.86. The second-order valence-corrected chi connectivity index (χ2v) is 7.36. The molecule has 1 saturated heterocycles. The van der Waals surface area contributed by atoms with Gasteiger partial charge in [0.05, 0.1) is 5.56 Å². The molecule has 0 radical (unpaired) electrons. The van der Waals surface area contributed by atoms with Crippen molar-refractivity contribution in [2.75, 3.05) is 19.3 Å². The summed E-state index contributed by atoms with van der Waals surface area (Å²) in [5.41, 5.74) is 0.989. The van der Waals surface area contributed by atoms with Crippen molar-refractivity contribution in [2.45, 2.75) is 31.3 Å². The molecule has 1 aliphatic rings. The van der Waals surface area contributed by atoms with Gasteiger partial charge in [-0.3, -0.25) is 4.79 Å². The van der Waals surface area contributed by atoms with E-state index < -0.39 is 5.82 Å². The summed E-state index contributed by atoms with van der Waals surface area (Å²) < 4.78 is 16.1. The highest BCUT2D eigenvalue weighted by Gasteiger charge is 2.26. The second kappa shape index (κ2) is 7.56. The summed E-state index contributed by atoms with van der Waals surface area (Å²) in [6.07, 6.45) is 4.66. The third-order valence-electron chi connectivity index (χ3n) is 4.84. The van der Waals surface area contributed by atoms with Crippen LogP contribution >= 0.6 is 11.8 Å². The van der Waals surface area contributed by atoms with E-state index in [9.17, 15) is 9.18 Å². The molecule has 0 bridgehead atoms. The van der Waals surface area contributed by atoms with Crippen molar-refractivity contribution in [3.63, 3.8) is 0 Å². The number of benzene rings is 1. The second-order valence-electron chi connectivity index (χ2n) is 6.58. The smallest absolute Gasteiger partial charge is 0.256 e. The topological polar surface area (TPSA) is 51.0 Å². The Morgan fingerprint density at radius 1 is 1.32 bits per heavy atom. The van der Waals surface area contributed by atoms with Crippen LogP contribution < -0.4 is 0 Å². The number of rotatable bonds is 4. The van der Waals surface area contributed by atoms with Crippen molar-refractivity contribution in [1.29, 1.82) is 0 Å². The van der Waals surface area contributed by atoms with Gasteiger partial charge in [-0.2, -0.15) is 0 Å². The molecule has 25 heavy (non-hydrogen) atoms. The predicted octanol–water partition coefficient (Wildman–Crippen LogP) is 3.08. The Kier molecular flexibility index (Phi) is 5.42. The van der Waals surface area contributed by atoms with Gasteiger partial charge in [0, 0.05) is 26.6 Å². The number of likely N-dealkylation sites (tertiary alicyclic amines) is 1. The molecule has 2 aromatic rings. The van der Waals surface area contributed by atoms with Gasteiger partial charge in [-0.05, 0) is 49.6 Å². The Morgan fingerprint density at radius 3 is 2.64 bits per heavy atom. The van der Waals surface area contributed by atoms with Gasteiger partial charge in [0.25, 0.3) is 5.91 Å². The van der Waals surface area contributed by atoms with Gasteiger partial charge in [-0.15, -0.1) is 10.2 Å². The van der Waals surface area contributed by atoms with Crippen LogP contribution in [-0.2, 0) is 13.5 Å². The Morgan fingerprint density at radius 2 is 2.04 bits per heavy atom. The minimum absolute atomic E-state index is 0.168. The molecule has 0 atom stereocenters. The van der Waals surface area contributed by atoms with Gasteiger partial charge in [0.1, 0.15) is 11.6 Å². The predicted molar refractivity (Wildman–Crippen MR) is 96.3 cm³/mol. The number of aryl methyl sites for hydroxylation is 1. The van der Waals surface area contributed by atoms with Crippen LogP contribution in [0.15, 0.2) is 23.4 Å². The average molecular weight is 362 g/mol. The molecule has 1 aromatic heterocycles. The van der Waals surface area contributed by atoms with E-state index in [4.69, 9.17) is 0 Å². The lowest BCUT2D eigenvalue weighted by molar-refractivity contribution is 0.0685. The average Bonchev–Trinajstić information content (AvgIpc) is 2.95. The van der Waals surface area contributed by atoms with Crippen LogP contribution in [-0.4, -0.2) is 44.9 Å². The fourth-order valence-electron chi connectivity index (χ4n) is 3.26. The highest BCUT2D eigenvalue weighted by molar-refractivity contribution is 7.98. The van der Waals surface area contributed by atoms with Gasteiger partial charge in [0.2, 0.25) is 0 Å². The molecule has 0 saturated carbocycles. The number of hydrogen-bond acceptors (Lipinski definition) is 4. The molecular formula is C18H23FN4OS. The molecule has 0 unspecified atom stereocenters. The van der Waals surface area contributed by atoms with Crippen LogP contribution in [0.2, 0.25) is 0 Å². The molecule has 0 aliphatic carbocycles. The quantitative estimate of drug-likeness (QED) is 0.785. The summed E-state index contributed by atoms with van der Waals surface area (Å²) in [5.74, 6) is 0.818. The lowest BCUT2D eigenvalue weighted by Gasteiger charge is -2.32. The number of carbonyl (C=O) groups is 1. The molecule has 7 heteroatoms. The standard InChI is InChI=1S/C18H23FN4OS/c1-12-4-5-14(15(19)10-12)17(24)23-8-6-13(7-9-23)11-16-20-21-18(25-3)22(16)2/h4-5,10,13H,6-9,11H2,1-3H3. The van der Waals surface area contributed by atoms with E-state index in [0.29, 0.717) is 19.0 Å². The van der Waals surface area contributed by atoms with Crippen molar-refractivity contribution in [1.82, 2.24) is 19.7 Å². The zero-order chi connectivity index (χ0) is 18.0. The molecule has 1 aromatic carbocycles. The maximum atomic E-state index is 14.0. The molecule has 5 nitrogen and oxygen atoms in total. The minimum Gasteiger partial charge on any atom is -0.339 e. The van der Waals surface area contributed by atoms with Crippen molar-refractivity contribution < 1.29 is 9.18 Å². The van der Waals surface area contributed by atoms with Gasteiger partial charge in [-0.25, -0.2) is 4.39 Å². The summed E-state index contributed by atoms with van der Waals surface area (Å²) in [6.45, 7) is 3.13. The van der Waals surface area contributed by atoms with Gasteiger partial charge in [-0.1, -0.05) is 17.8 Å². The van der Waals surface area contributed by atoms with Crippen LogP contribution in [0.4, 0.5) is 4.39 Å². The number of piperidine rings is 1. The number of carbonyl (C=O) groups excluding carboxylic acids is 1. The van der Waals surface area contributed by atoms with Crippen LogP contribution in [0.5, 0.6) is 0 Å². The molecule has 2 heterocycles. The lowest BCUT2D eigenvalue weighted by Crippen LogP contribution is -2.39. The summed E-state index contributed by atoms with van der Waals surface area (Å²) in [7, 11) is 1.99. The van der Waals surface area contributed by atoms with E-state index in [-0.39, 0.29) is 11.5 Å². The molecule has 134 valence electrons. The normalized spacial score (nSPS) is 15.6. The van der Waals surface area contributed by atoms with Gasteiger partial charge in [0.15, 0.2) is 5.16 Å². The Balaban J connectivity index is 1.59. The monoisotopic (exact) mass is 362 g/mol. The summed E-state index contributed by atoms with van der Waals surface area (Å²) in [6, 6.07) is 4.78. The summed E-state index contributed by atoms with van der Waals surface area (Å²) >= 11 is 1.58. The van der Waals surface area contributed by atoms with E-state index in [0.717, 1.165) is 35.8 Å². The molecular weight excluding hydrogens is 339 g/mol. The molecule has 0 N–H and O–H groups in total.